The summed E-state index contributed by atoms with van der Waals surface area (Å²) in [6.07, 6.45) is 0. The predicted molar refractivity (Wildman–Crippen MR) is 289 cm³/mol. The molecule has 17 nitrogen and oxygen atoms in total. The molecule has 12 rings (SSSR count). The average Bonchev–Trinajstić information content (AvgIpc) is 4.09. The molecule has 76 heavy (non-hydrogen) atoms. The summed E-state index contributed by atoms with van der Waals surface area (Å²) in [5.74, 6) is 6.64. The first kappa shape index (κ1) is 46.5. The van der Waals surface area contributed by atoms with Gasteiger partial charge in [-0.05, 0) is 121 Å². The third-order valence-electron chi connectivity index (χ3n) is 13.2. The highest BCUT2D eigenvalue weighted by atomic mass is 15.1. The van der Waals surface area contributed by atoms with Gasteiger partial charge in [-0.3, -0.25) is 0 Å². The number of nitriles is 2. The van der Waals surface area contributed by atoms with E-state index < -0.39 is 0 Å². The fraction of sp³-hybridized carbons (Fsp3) is 0.136. The Balaban J connectivity index is 1.26. The van der Waals surface area contributed by atoms with E-state index in [0.717, 1.165) is 65.9 Å². The molecule has 0 saturated heterocycles. The van der Waals surface area contributed by atoms with Crippen LogP contribution in [0.4, 0.5) is 5.69 Å². The molecular weight excluding hydrogens is 947 g/mol. The Labute approximate surface area is 434 Å². The lowest BCUT2D eigenvalue weighted by molar-refractivity contribution is 0.928. The molecule has 6 aromatic heterocycles. The van der Waals surface area contributed by atoms with Crippen LogP contribution in [0.5, 0.6) is 0 Å². The van der Waals surface area contributed by atoms with Crippen LogP contribution >= 0.6 is 0 Å². The van der Waals surface area contributed by atoms with Crippen LogP contribution < -0.4 is 0 Å². The number of fused-ring (bicyclic) bond motifs is 6. The Morgan fingerprint density at radius 3 is 0.934 bits per heavy atom. The van der Waals surface area contributed by atoms with Gasteiger partial charge in [0.2, 0.25) is 0 Å². The molecule has 0 saturated carbocycles. The van der Waals surface area contributed by atoms with E-state index in [9.17, 15) is 10.5 Å². The van der Waals surface area contributed by atoms with Crippen molar-refractivity contribution in [2.45, 2.75) is 55.4 Å². The maximum absolute atomic E-state index is 12.0. The third kappa shape index (κ3) is 8.03. The minimum atomic E-state index is 0.288. The Morgan fingerprint density at radius 1 is 0.355 bits per heavy atom. The number of hydrogen-bond acceptors (Lipinski definition) is 14. The molecule has 0 amide bonds. The number of aromatic nitrogens is 14. The van der Waals surface area contributed by atoms with Crippen LogP contribution in [0.15, 0.2) is 103 Å². The number of hydrogen-bond donors (Lipinski definition) is 0. The van der Waals surface area contributed by atoms with Gasteiger partial charge in [-0.1, -0.05) is 48.5 Å². The molecule has 0 aliphatic heterocycles. The highest BCUT2D eigenvalue weighted by molar-refractivity contribution is 6.13. The standard InChI is InChI=1S/C59H41N17/c1-29-63-30(2)68-56(67-29)38-10-14-45-46-15-11-39(57-69-31(3)64-32(4)70-57)22-51(46)75(50(45)21-38)54-25-43(42-18-37(27-60)19-44(20-42)62-9)26-55(49(54)28-61)76-52-23-40(58-71-33(5)65-34(6)72-58)12-16-47(52)48-17-13-41(24-53(48)76)59-73-35(7)66-36(8)74-59/h10-26H,1-8H3. The lowest BCUT2D eigenvalue weighted by atomic mass is 9.98. The van der Waals surface area contributed by atoms with Gasteiger partial charge in [0, 0.05) is 49.4 Å². The largest absolute Gasteiger partial charge is 0.308 e. The molecule has 0 N–H and O–H groups in total. The van der Waals surface area contributed by atoms with Gasteiger partial charge in [0.05, 0.1) is 46.1 Å². The summed E-state index contributed by atoms with van der Waals surface area (Å²) >= 11 is 0. The van der Waals surface area contributed by atoms with Crippen LogP contribution in [-0.2, 0) is 0 Å². The molecule has 0 spiro atoms. The molecule has 6 heterocycles. The van der Waals surface area contributed by atoms with E-state index in [4.69, 9.17) is 46.4 Å². The Kier molecular flexibility index (Phi) is 10.9. The molecule has 0 atom stereocenters. The Hall–Kier alpha value is -10.6. The van der Waals surface area contributed by atoms with Crippen LogP contribution in [0.3, 0.4) is 0 Å². The Morgan fingerprint density at radius 2 is 0.658 bits per heavy atom. The summed E-state index contributed by atoms with van der Waals surface area (Å²) in [4.78, 5) is 59.7. The smallest absolute Gasteiger partial charge is 0.189 e. The first-order chi connectivity index (χ1) is 36.7. The van der Waals surface area contributed by atoms with Crippen molar-refractivity contribution in [2.24, 2.45) is 0 Å². The van der Waals surface area contributed by atoms with Crippen molar-refractivity contribution < 1.29 is 0 Å². The van der Waals surface area contributed by atoms with Crippen LogP contribution in [0, 0.1) is 84.6 Å². The fourth-order valence-corrected chi connectivity index (χ4v) is 10.2. The number of aryl methyl sites for hydroxylation is 8. The van der Waals surface area contributed by atoms with E-state index in [1.807, 2.05) is 116 Å². The quantitative estimate of drug-likeness (QED) is 0.136. The summed E-state index contributed by atoms with van der Waals surface area (Å²) in [6, 6.07) is 38.3. The van der Waals surface area contributed by atoms with E-state index in [-0.39, 0.29) is 5.69 Å². The van der Waals surface area contributed by atoms with Crippen LogP contribution in [-0.4, -0.2) is 68.9 Å². The molecule has 0 radical (unpaired) electrons. The van der Waals surface area contributed by atoms with Crippen LogP contribution in [0.2, 0.25) is 0 Å². The summed E-state index contributed by atoms with van der Waals surface area (Å²) in [7, 11) is 0. The van der Waals surface area contributed by atoms with E-state index in [2.05, 4.69) is 70.3 Å². The second-order valence-corrected chi connectivity index (χ2v) is 18.6. The lowest BCUT2D eigenvalue weighted by Gasteiger charge is -2.19. The molecule has 6 aromatic carbocycles. The van der Waals surface area contributed by atoms with Gasteiger partial charge >= 0.3 is 0 Å². The molecule has 0 aliphatic rings. The second kappa shape index (κ2) is 17.9. The highest BCUT2D eigenvalue weighted by Gasteiger charge is 2.25. The normalized spacial score (nSPS) is 11.4. The molecule has 0 bridgehead atoms. The van der Waals surface area contributed by atoms with Crippen molar-refractivity contribution in [3.63, 3.8) is 0 Å². The summed E-state index contributed by atoms with van der Waals surface area (Å²) in [5, 5.41) is 25.9. The number of rotatable bonds is 7. The number of nitrogens with zero attached hydrogens (tertiary/aromatic N) is 17. The van der Waals surface area contributed by atoms with Gasteiger partial charge in [-0.15, -0.1) is 0 Å². The zero-order chi connectivity index (χ0) is 52.7. The lowest BCUT2D eigenvalue weighted by Crippen LogP contribution is -2.06. The SMILES string of the molecule is [C-]#[N+]c1cc(C#N)cc(-c2cc(-n3c4cc(-c5nc(C)nc(C)n5)ccc4c4ccc(-c5nc(C)nc(C)n5)cc43)c(C#N)c(-n3c4cc(-c5nc(C)nc(C)n5)ccc4c4ccc(-c5nc(C)nc(C)n5)cc43)c2)c1. The maximum Gasteiger partial charge on any atom is 0.189 e. The van der Waals surface area contributed by atoms with Crippen LogP contribution in [0.1, 0.15) is 57.7 Å². The van der Waals surface area contributed by atoms with Crippen molar-refractivity contribution in [1.82, 2.24) is 68.9 Å². The van der Waals surface area contributed by atoms with Crippen molar-refractivity contribution in [1.29, 1.82) is 10.5 Å². The average molecular weight is 988 g/mol. The van der Waals surface area contributed by atoms with Gasteiger partial charge in [0.15, 0.2) is 29.0 Å². The van der Waals surface area contributed by atoms with E-state index in [1.54, 1.807) is 18.2 Å². The molecule has 0 aliphatic carbocycles. The zero-order valence-electron chi connectivity index (χ0n) is 42.4. The van der Waals surface area contributed by atoms with Crippen molar-refractivity contribution >= 4 is 49.3 Å². The van der Waals surface area contributed by atoms with Gasteiger partial charge in [0.1, 0.15) is 58.2 Å². The van der Waals surface area contributed by atoms with Gasteiger partial charge in [-0.2, -0.15) is 10.5 Å². The molecule has 12 aromatic rings. The summed E-state index contributed by atoms with van der Waals surface area (Å²) in [5.41, 5.74) is 9.13. The van der Waals surface area contributed by atoms with Crippen molar-refractivity contribution in [3.05, 3.63) is 172 Å². The molecule has 0 fully saturated rings. The van der Waals surface area contributed by atoms with E-state index in [0.29, 0.717) is 104 Å². The second-order valence-electron chi connectivity index (χ2n) is 18.6. The third-order valence-corrected chi connectivity index (χ3v) is 13.2. The van der Waals surface area contributed by atoms with E-state index in [1.165, 1.54) is 0 Å². The molecular formula is C59H41N17. The molecule has 0 unspecified atom stereocenters. The summed E-state index contributed by atoms with van der Waals surface area (Å²) < 4.78 is 4.18. The maximum atomic E-state index is 12.0. The summed E-state index contributed by atoms with van der Waals surface area (Å²) in [6.45, 7) is 22.8. The molecule has 17 heteroatoms. The number of benzene rings is 6. The minimum absolute atomic E-state index is 0.288. The highest BCUT2D eigenvalue weighted by Crippen LogP contribution is 2.43. The topological polar surface area (TPSA) is 216 Å². The van der Waals surface area contributed by atoms with E-state index >= 15 is 0 Å². The minimum Gasteiger partial charge on any atom is -0.308 e. The van der Waals surface area contributed by atoms with Gasteiger partial charge in [-0.25, -0.2) is 64.7 Å². The van der Waals surface area contributed by atoms with Crippen LogP contribution in [0.25, 0.3) is 117 Å². The Bertz CT molecular complexity index is 4050. The monoisotopic (exact) mass is 987 g/mol. The van der Waals surface area contributed by atoms with Gasteiger partial charge in [0.25, 0.3) is 0 Å². The predicted octanol–water partition coefficient (Wildman–Crippen LogP) is 11.7. The first-order valence-corrected chi connectivity index (χ1v) is 24.2. The fourth-order valence-electron chi connectivity index (χ4n) is 10.2. The zero-order valence-corrected chi connectivity index (χ0v) is 42.4. The van der Waals surface area contributed by atoms with Crippen molar-refractivity contribution in [3.8, 4) is 80.2 Å². The molecule has 362 valence electrons. The first-order valence-electron chi connectivity index (χ1n) is 24.2. The van der Waals surface area contributed by atoms with Gasteiger partial charge < -0.3 is 9.13 Å². The van der Waals surface area contributed by atoms with Crippen molar-refractivity contribution in [2.75, 3.05) is 0 Å².